The number of benzene rings is 1. The van der Waals surface area contributed by atoms with Crippen LogP contribution in [0.1, 0.15) is 12.5 Å². The van der Waals surface area contributed by atoms with Crippen molar-refractivity contribution < 1.29 is 23.8 Å². The van der Waals surface area contributed by atoms with Crippen LogP contribution < -0.4 is 14.8 Å². The van der Waals surface area contributed by atoms with E-state index in [4.69, 9.17) is 14.2 Å². The van der Waals surface area contributed by atoms with Crippen LogP contribution in [0.15, 0.2) is 35.0 Å². The summed E-state index contributed by atoms with van der Waals surface area (Å²) in [5, 5.41) is 2.62. The molecule has 0 aliphatic carbocycles. The average Bonchev–Trinajstić information content (AvgIpc) is 2.80. The lowest BCUT2D eigenvalue weighted by molar-refractivity contribution is -0.136. The van der Waals surface area contributed by atoms with Crippen LogP contribution in [0.25, 0.3) is 6.08 Å². The Morgan fingerprint density at radius 3 is 2.50 bits per heavy atom. The van der Waals surface area contributed by atoms with Crippen molar-refractivity contribution in [1.29, 1.82) is 0 Å². The Labute approximate surface area is 128 Å². The second kappa shape index (κ2) is 6.34. The third kappa shape index (κ3) is 2.81. The van der Waals surface area contributed by atoms with Crippen molar-refractivity contribution in [2.45, 2.75) is 6.92 Å². The largest absolute Gasteiger partial charge is 0.497 e. The monoisotopic (exact) mass is 303 g/mol. The standard InChI is InChI=1S/C16H17NO5/c1-9-14(16(19)22-4)12(15(18)17-9)7-10-5-6-11(20-2)8-13(10)21-3/h5-8H,1-4H3,(H,17,18). The van der Waals surface area contributed by atoms with E-state index >= 15 is 0 Å². The number of carbonyl (C=O) groups is 2. The molecule has 1 aromatic rings. The van der Waals surface area contributed by atoms with Crippen molar-refractivity contribution in [1.82, 2.24) is 5.32 Å². The fraction of sp³-hybridized carbons (Fsp3) is 0.250. The number of ether oxygens (including phenoxy) is 3. The zero-order chi connectivity index (χ0) is 16.3. The highest BCUT2D eigenvalue weighted by Crippen LogP contribution is 2.30. The van der Waals surface area contributed by atoms with Gasteiger partial charge in [0.2, 0.25) is 0 Å². The number of rotatable bonds is 4. The molecule has 0 spiro atoms. The van der Waals surface area contributed by atoms with E-state index in [0.717, 1.165) is 0 Å². The molecule has 0 fully saturated rings. The summed E-state index contributed by atoms with van der Waals surface area (Å²) in [4.78, 5) is 23.9. The van der Waals surface area contributed by atoms with E-state index in [1.807, 2.05) is 0 Å². The Morgan fingerprint density at radius 1 is 1.18 bits per heavy atom. The maximum absolute atomic E-state index is 12.0. The lowest BCUT2D eigenvalue weighted by atomic mass is 10.0. The Bertz CT molecular complexity index is 688. The van der Waals surface area contributed by atoms with E-state index in [2.05, 4.69) is 5.32 Å². The summed E-state index contributed by atoms with van der Waals surface area (Å²) in [5.41, 5.74) is 1.60. The number of amides is 1. The van der Waals surface area contributed by atoms with Crippen LogP contribution >= 0.6 is 0 Å². The van der Waals surface area contributed by atoms with Gasteiger partial charge in [-0.15, -0.1) is 0 Å². The van der Waals surface area contributed by atoms with Crippen LogP contribution in [-0.2, 0) is 14.3 Å². The molecule has 6 heteroatoms. The van der Waals surface area contributed by atoms with E-state index in [-0.39, 0.29) is 17.1 Å². The number of carbonyl (C=O) groups excluding carboxylic acids is 2. The maximum atomic E-state index is 12.0. The molecular weight excluding hydrogens is 286 g/mol. The van der Waals surface area contributed by atoms with Gasteiger partial charge in [0.25, 0.3) is 5.91 Å². The molecular formula is C16H17NO5. The summed E-state index contributed by atoms with van der Waals surface area (Å²) in [7, 11) is 4.35. The molecule has 22 heavy (non-hydrogen) atoms. The Morgan fingerprint density at radius 2 is 1.91 bits per heavy atom. The van der Waals surface area contributed by atoms with Gasteiger partial charge in [0.05, 0.1) is 32.5 Å². The predicted molar refractivity (Wildman–Crippen MR) is 80.4 cm³/mol. The fourth-order valence-electron chi connectivity index (χ4n) is 2.21. The quantitative estimate of drug-likeness (QED) is 0.676. The Kier molecular flexibility index (Phi) is 4.50. The third-order valence-electron chi connectivity index (χ3n) is 3.32. The SMILES string of the molecule is COC(=O)C1=C(C)NC(=O)C1=Cc1ccc(OC)cc1OC. The molecule has 0 unspecified atom stereocenters. The number of hydrogen-bond acceptors (Lipinski definition) is 5. The molecule has 0 atom stereocenters. The molecule has 2 rings (SSSR count). The van der Waals surface area contributed by atoms with E-state index in [0.29, 0.717) is 22.8 Å². The molecule has 1 aromatic carbocycles. The average molecular weight is 303 g/mol. The van der Waals surface area contributed by atoms with Gasteiger partial charge in [0.1, 0.15) is 11.5 Å². The van der Waals surface area contributed by atoms with Gasteiger partial charge in [-0.05, 0) is 25.1 Å². The van der Waals surface area contributed by atoms with E-state index < -0.39 is 5.97 Å². The van der Waals surface area contributed by atoms with Gasteiger partial charge in [0.15, 0.2) is 0 Å². The predicted octanol–water partition coefficient (Wildman–Crippen LogP) is 1.66. The van der Waals surface area contributed by atoms with Crippen molar-refractivity contribution in [2.24, 2.45) is 0 Å². The van der Waals surface area contributed by atoms with Crippen molar-refractivity contribution in [3.8, 4) is 11.5 Å². The van der Waals surface area contributed by atoms with Gasteiger partial charge in [-0.2, -0.15) is 0 Å². The molecule has 0 saturated carbocycles. The number of methoxy groups -OCH3 is 3. The zero-order valence-corrected chi connectivity index (χ0v) is 12.9. The molecule has 6 nitrogen and oxygen atoms in total. The molecule has 0 aromatic heterocycles. The van der Waals surface area contributed by atoms with Crippen molar-refractivity contribution in [3.05, 3.63) is 40.6 Å². The summed E-state index contributed by atoms with van der Waals surface area (Å²) in [6.45, 7) is 1.65. The Balaban J connectivity index is 2.52. The number of allylic oxidation sites excluding steroid dienone is 1. The summed E-state index contributed by atoms with van der Waals surface area (Å²) < 4.78 is 15.2. The molecule has 1 aliphatic rings. The second-order valence-electron chi connectivity index (χ2n) is 4.61. The highest BCUT2D eigenvalue weighted by atomic mass is 16.5. The minimum Gasteiger partial charge on any atom is -0.497 e. The highest BCUT2D eigenvalue weighted by Gasteiger charge is 2.30. The second-order valence-corrected chi connectivity index (χ2v) is 4.61. The first kappa shape index (κ1) is 15.6. The van der Waals surface area contributed by atoms with Crippen LogP contribution in [-0.4, -0.2) is 33.2 Å². The summed E-state index contributed by atoms with van der Waals surface area (Å²) in [6.07, 6.45) is 1.59. The normalized spacial score (nSPS) is 15.8. The molecule has 116 valence electrons. The molecule has 0 bridgehead atoms. The van der Waals surface area contributed by atoms with Crippen molar-refractivity contribution in [3.63, 3.8) is 0 Å². The van der Waals surface area contributed by atoms with Crippen LogP contribution in [0, 0.1) is 0 Å². The molecule has 0 radical (unpaired) electrons. The zero-order valence-electron chi connectivity index (χ0n) is 12.9. The molecule has 1 heterocycles. The first-order chi connectivity index (χ1) is 10.5. The minimum absolute atomic E-state index is 0.227. The molecule has 1 N–H and O–H groups in total. The lowest BCUT2D eigenvalue weighted by Crippen LogP contribution is -2.15. The van der Waals surface area contributed by atoms with Crippen molar-refractivity contribution in [2.75, 3.05) is 21.3 Å². The first-order valence-electron chi connectivity index (χ1n) is 6.56. The molecule has 1 amide bonds. The highest BCUT2D eigenvalue weighted by molar-refractivity contribution is 6.16. The van der Waals surface area contributed by atoms with E-state index in [1.165, 1.54) is 14.2 Å². The van der Waals surface area contributed by atoms with E-state index in [1.54, 1.807) is 38.3 Å². The van der Waals surface area contributed by atoms with Gasteiger partial charge < -0.3 is 19.5 Å². The number of nitrogens with one attached hydrogen (secondary N) is 1. The Hall–Kier alpha value is -2.76. The van der Waals surface area contributed by atoms with Crippen LogP contribution in [0.5, 0.6) is 11.5 Å². The van der Waals surface area contributed by atoms with Gasteiger partial charge >= 0.3 is 5.97 Å². The number of esters is 1. The van der Waals surface area contributed by atoms with Gasteiger partial charge in [-0.25, -0.2) is 4.79 Å². The van der Waals surface area contributed by atoms with Crippen molar-refractivity contribution >= 4 is 18.0 Å². The smallest absolute Gasteiger partial charge is 0.340 e. The van der Waals surface area contributed by atoms with Gasteiger partial charge in [-0.1, -0.05) is 0 Å². The maximum Gasteiger partial charge on any atom is 0.340 e. The third-order valence-corrected chi connectivity index (χ3v) is 3.32. The van der Waals surface area contributed by atoms with Gasteiger partial charge in [0, 0.05) is 17.3 Å². The first-order valence-corrected chi connectivity index (χ1v) is 6.56. The molecule has 0 saturated heterocycles. The fourth-order valence-corrected chi connectivity index (χ4v) is 2.21. The van der Waals surface area contributed by atoms with Crippen LogP contribution in [0.3, 0.4) is 0 Å². The summed E-state index contributed by atoms with van der Waals surface area (Å²) in [5.74, 6) is 0.258. The summed E-state index contributed by atoms with van der Waals surface area (Å²) in [6, 6.07) is 5.20. The number of hydrogen-bond donors (Lipinski definition) is 1. The van der Waals surface area contributed by atoms with Crippen LogP contribution in [0.4, 0.5) is 0 Å². The molecule has 1 aliphatic heterocycles. The topological polar surface area (TPSA) is 73.9 Å². The van der Waals surface area contributed by atoms with Crippen LogP contribution in [0.2, 0.25) is 0 Å². The summed E-state index contributed by atoms with van der Waals surface area (Å²) >= 11 is 0. The lowest BCUT2D eigenvalue weighted by Gasteiger charge is -2.08. The van der Waals surface area contributed by atoms with E-state index in [9.17, 15) is 9.59 Å². The minimum atomic E-state index is -0.561. The van der Waals surface area contributed by atoms with Gasteiger partial charge in [-0.3, -0.25) is 4.79 Å².